The Morgan fingerprint density at radius 1 is 1.50 bits per heavy atom. The summed E-state index contributed by atoms with van der Waals surface area (Å²) in [4.78, 5) is 4.33. The maximum absolute atomic E-state index is 5.30. The van der Waals surface area contributed by atoms with Gasteiger partial charge in [0.1, 0.15) is 16.8 Å². The molecule has 4 heteroatoms. The number of aromatic nitrogens is 2. The average Bonchev–Trinajstić information content (AvgIpc) is 2.63. The van der Waals surface area contributed by atoms with Crippen molar-refractivity contribution in [2.24, 2.45) is 0 Å². The first-order valence-corrected chi connectivity index (χ1v) is 5.24. The SMILES string of the molecule is CCn1cnc2c(Br)ccc(OC)c21. The molecule has 0 aliphatic carbocycles. The summed E-state index contributed by atoms with van der Waals surface area (Å²) in [5, 5.41) is 0. The van der Waals surface area contributed by atoms with E-state index in [0.29, 0.717) is 0 Å². The van der Waals surface area contributed by atoms with Gasteiger partial charge >= 0.3 is 0 Å². The summed E-state index contributed by atoms with van der Waals surface area (Å²) in [7, 11) is 1.68. The molecule has 0 spiro atoms. The zero-order chi connectivity index (χ0) is 10.1. The van der Waals surface area contributed by atoms with Gasteiger partial charge in [-0.2, -0.15) is 0 Å². The molecule has 0 radical (unpaired) electrons. The van der Waals surface area contributed by atoms with E-state index < -0.39 is 0 Å². The highest BCUT2D eigenvalue weighted by Gasteiger charge is 2.10. The smallest absolute Gasteiger partial charge is 0.144 e. The van der Waals surface area contributed by atoms with Crippen molar-refractivity contribution in [3.8, 4) is 5.75 Å². The Morgan fingerprint density at radius 2 is 2.29 bits per heavy atom. The van der Waals surface area contributed by atoms with Crippen LogP contribution in [0.4, 0.5) is 0 Å². The Labute approximate surface area is 90.8 Å². The molecule has 14 heavy (non-hydrogen) atoms. The fourth-order valence-corrected chi connectivity index (χ4v) is 1.95. The lowest BCUT2D eigenvalue weighted by molar-refractivity contribution is 0.417. The van der Waals surface area contributed by atoms with Crippen LogP contribution >= 0.6 is 15.9 Å². The second-order valence-corrected chi connectivity index (χ2v) is 3.83. The summed E-state index contributed by atoms with van der Waals surface area (Å²) in [6.07, 6.45) is 1.83. The second-order valence-electron chi connectivity index (χ2n) is 2.98. The summed E-state index contributed by atoms with van der Waals surface area (Å²) >= 11 is 3.47. The number of halogens is 1. The molecule has 0 saturated heterocycles. The molecule has 1 heterocycles. The summed E-state index contributed by atoms with van der Waals surface area (Å²) in [5.41, 5.74) is 2.00. The average molecular weight is 255 g/mol. The number of aryl methyl sites for hydroxylation is 1. The molecule has 3 nitrogen and oxygen atoms in total. The molecule has 2 aromatic rings. The van der Waals surface area contributed by atoms with E-state index in [0.717, 1.165) is 27.8 Å². The van der Waals surface area contributed by atoms with Crippen molar-refractivity contribution in [3.63, 3.8) is 0 Å². The summed E-state index contributed by atoms with van der Waals surface area (Å²) in [6.45, 7) is 2.98. The highest BCUT2D eigenvalue weighted by atomic mass is 79.9. The van der Waals surface area contributed by atoms with E-state index in [1.165, 1.54) is 0 Å². The molecule has 1 aromatic heterocycles. The Hall–Kier alpha value is -1.03. The van der Waals surface area contributed by atoms with Gasteiger partial charge in [0.15, 0.2) is 0 Å². The first kappa shape index (κ1) is 9.52. The third-order valence-electron chi connectivity index (χ3n) is 2.24. The minimum atomic E-state index is 0.863. The molecule has 0 amide bonds. The van der Waals surface area contributed by atoms with Gasteiger partial charge in [0.05, 0.1) is 13.4 Å². The van der Waals surface area contributed by atoms with Gasteiger partial charge in [0, 0.05) is 11.0 Å². The highest BCUT2D eigenvalue weighted by Crippen LogP contribution is 2.30. The Bertz CT molecular complexity index is 464. The molecule has 0 bridgehead atoms. The van der Waals surface area contributed by atoms with Gasteiger partial charge in [0.2, 0.25) is 0 Å². The van der Waals surface area contributed by atoms with Crippen LogP contribution in [0.1, 0.15) is 6.92 Å². The van der Waals surface area contributed by atoms with Gasteiger partial charge in [0.25, 0.3) is 0 Å². The minimum absolute atomic E-state index is 0.863. The fourth-order valence-electron chi connectivity index (χ4n) is 1.53. The highest BCUT2D eigenvalue weighted by molar-refractivity contribution is 9.10. The standard InChI is InChI=1S/C10H11BrN2O/c1-3-13-6-12-9-7(11)4-5-8(14-2)10(9)13/h4-6H,3H2,1-2H3. The van der Waals surface area contributed by atoms with Crippen LogP contribution in [0.2, 0.25) is 0 Å². The summed E-state index contributed by atoms with van der Waals surface area (Å²) in [6, 6.07) is 3.90. The van der Waals surface area contributed by atoms with Crippen molar-refractivity contribution in [2.75, 3.05) is 7.11 Å². The first-order chi connectivity index (χ1) is 6.77. The minimum Gasteiger partial charge on any atom is -0.494 e. The molecule has 0 aliphatic heterocycles. The quantitative estimate of drug-likeness (QED) is 0.825. The molecule has 0 saturated carbocycles. The van der Waals surface area contributed by atoms with E-state index in [-0.39, 0.29) is 0 Å². The predicted molar refractivity (Wildman–Crippen MR) is 59.7 cm³/mol. The monoisotopic (exact) mass is 254 g/mol. The molecule has 0 aliphatic rings. The van der Waals surface area contributed by atoms with E-state index >= 15 is 0 Å². The molecule has 0 unspecified atom stereocenters. The zero-order valence-corrected chi connectivity index (χ0v) is 9.71. The summed E-state index contributed by atoms with van der Waals surface area (Å²) in [5.74, 6) is 0.863. The molecule has 0 N–H and O–H groups in total. The molecule has 0 atom stereocenters. The van der Waals surface area contributed by atoms with E-state index in [1.54, 1.807) is 7.11 Å². The second kappa shape index (κ2) is 3.61. The lowest BCUT2D eigenvalue weighted by Gasteiger charge is -2.05. The Kier molecular flexibility index (Phi) is 2.46. The molecule has 1 aromatic carbocycles. The number of rotatable bonds is 2. The normalized spacial score (nSPS) is 10.8. The van der Waals surface area contributed by atoms with Crippen LogP contribution in [-0.2, 0) is 6.54 Å². The van der Waals surface area contributed by atoms with Gasteiger partial charge in [-0.05, 0) is 35.0 Å². The van der Waals surface area contributed by atoms with Crippen molar-refractivity contribution < 1.29 is 4.74 Å². The van der Waals surface area contributed by atoms with Crippen LogP contribution in [0.25, 0.3) is 11.0 Å². The number of fused-ring (bicyclic) bond motifs is 1. The van der Waals surface area contributed by atoms with E-state index in [9.17, 15) is 0 Å². The molecular weight excluding hydrogens is 244 g/mol. The number of nitrogens with zero attached hydrogens (tertiary/aromatic N) is 2. The number of hydrogen-bond acceptors (Lipinski definition) is 2. The maximum atomic E-state index is 5.30. The van der Waals surface area contributed by atoms with Crippen molar-refractivity contribution in [1.82, 2.24) is 9.55 Å². The van der Waals surface area contributed by atoms with Gasteiger partial charge in [-0.1, -0.05) is 0 Å². The molecule has 2 rings (SSSR count). The Morgan fingerprint density at radius 3 is 2.93 bits per heavy atom. The third kappa shape index (κ3) is 1.30. The molecule has 74 valence electrons. The zero-order valence-electron chi connectivity index (χ0n) is 8.12. The van der Waals surface area contributed by atoms with Crippen LogP contribution in [0.3, 0.4) is 0 Å². The third-order valence-corrected chi connectivity index (χ3v) is 2.88. The predicted octanol–water partition coefficient (Wildman–Crippen LogP) is 2.83. The maximum Gasteiger partial charge on any atom is 0.144 e. The molecule has 0 fully saturated rings. The van der Waals surface area contributed by atoms with Crippen LogP contribution in [0, 0.1) is 0 Å². The van der Waals surface area contributed by atoms with Crippen LogP contribution in [0.15, 0.2) is 22.9 Å². The van der Waals surface area contributed by atoms with Crippen LogP contribution in [-0.4, -0.2) is 16.7 Å². The number of benzene rings is 1. The van der Waals surface area contributed by atoms with Crippen LogP contribution in [0.5, 0.6) is 5.75 Å². The van der Waals surface area contributed by atoms with Gasteiger partial charge < -0.3 is 9.30 Å². The van der Waals surface area contributed by atoms with Crippen molar-refractivity contribution in [3.05, 3.63) is 22.9 Å². The summed E-state index contributed by atoms with van der Waals surface area (Å²) < 4.78 is 8.37. The number of hydrogen-bond donors (Lipinski definition) is 0. The number of methoxy groups -OCH3 is 1. The van der Waals surface area contributed by atoms with Gasteiger partial charge in [-0.3, -0.25) is 0 Å². The van der Waals surface area contributed by atoms with Crippen molar-refractivity contribution >= 4 is 27.0 Å². The molecular formula is C10H11BrN2O. The van der Waals surface area contributed by atoms with E-state index in [1.807, 2.05) is 18.5 Å². The first-order valence-electron chi connectivity index (χ1n) is 4.45. The van der Waals surface area contributed by atoms with Crippen molar-refractivity contribution in [1.29, 1.82) is 0 Å². The van der Waals surface area contributed by atoms with Crippen LogP contribution < -0.4 is 4.74 Å². The lowest BCUT2D eigenvalue weighted by Crippen LogP contribution is -1.94. The van der Waals surface area contributed by atoms with E-state index in [4.69, 9.17) is 4.74 Å². The van der Waals surface area contributed by atoms with Gasteiger partial charge in [-0.15, -0.1) is 0 Å². The number of ether oxygens (including phenoxy) is 1. The topological polar surface area (TPSA) is 27.1 Å². The lowest BCUT2D eigenvalue weighted by atomic mass is 10.3. The number of imidazole rings is 1. The fraction of sp³-hybridized carbons (Fsp3) is 0.300. The largest absolute Gasteiger partial charge is 0.494 e. The van der Waals surface area contributed by atoms with Crippen molar-refractivity contribution in [2.45, 2.75) is 13.5 Å². The Balaban J connectivity index is 2.82. The van der Waals surface area contributed by atoms with E-state index in [2.05, 4.69) is 32.4 Å². The van der Waals surface area contributed by atoms with Gasteiger partial charge in [-0.25, -0.2) is 4.98 Å².